The lowest BCUT2D eigenvalue weighted by molar-refractivity contribution is -0.150. The zero-order valence-electron chi connectivity index (χ0n) is 12.8. The Morgan fingerprint density at radius 1 is 1.38 bits per heavy atom. The minimum Gasteiger partial charge on any atom is -0.481 e. The molecule has 0 saturated carbocycles. The summed E-state index contributed by atoms with van der Waals surface area (Å²) in [6, 6.07) is 1.86. The average molecular weight is 292 g/mol. The van der Waals surface area contributed by atoms with Crippen molar-refractivity contribution in [2.24, 2.45) is 5.41 Å². The molecule has 0 atom stereocenters. The van der Waals surface area contributed by atoms with Crippen molar-refractivity contribution >= 4 is 5.97 Å². The van der Waals surface area contributed by atoms with Crippen LogP contribution in [0.3, 0.4) is 0 Å². The Labute approximate surface area is 123 Å². The molecule has 2 heterocycles. The van der Waals surface area contributed by atoms with Crippen molar-refractivity contribution < 1.29 is 14.3 Å². The second-order valence-electron chi connectivity index (χ2n) is 5.28. The van der Waals surface area contributed by atoms with Gasteiger partial charge in [0.25, 0.3) is 0 Å². The molecule has 0 aliphatic heterocycles. The maximum absolute atomic E-state index is 11.6. The molecule has 0 amide bonds. The number of hydrogen-bond acceptors (Lipinski definition) is 5. The number of rotatable bonds is 6. The van der Waals surface area contributed by atoms with Gasteiger partial charge in [-0.25, -0.2) is 4.68 Å². The van der Waals surface area contributed by atoms with Gasteiger partial charge in [-0.15, -0.1) is 5.10 Å². The van der Waals surface area contributed by atoms with Crippen LogP contribution in [0.25, 0.3) is 11.4 Å². The maximum Gasteiger partial charge on any atom is 0.311 e. The van der Waals surface area contributed by atoms with Crippen molar-refractivity contribution in [2.75, 3.05) is 0 Å². The monoisotopic (exact) mass is 292 g/mol. The number of furan rings is 1. The summed E-state index contributed by atoms with van der Waals surface area (Å²) in [5.74, 6) is 1.20. The molecule has 2 rings (SSSR count). The van der Waals surface area contributed by atoms with Gasteiger partial charge in [0.2, 0.25) is 0 Å². The molecule has 0 bridgehead atoms. The predicted octanol–water partition coefficient (Wildman–Crippen LogP) is 2.44. The number of carbonyl (C=O) groups is 1. The van der Waals surface area contributed by atoms with E-state index in [2.05, 4.69) is 15.5 Å². The van der Waals surface area contributed by atoms with Crippen LogP contribution in [0, 0.1) is 19.3 Å². The summed E-state index contributed by atoms with van der Waals surface area (Å²) >= 11 is 0. The highest BCUT2D eigenvalue weighted by molar-refractivity contribution is 5.74. The lowest BCUT2D eigenvalue weighted by atomic mass is 9.82. The van der Waals surface area contributed by atoms with E-state index in [1.54, 1.807) is 4.68 Å². The van der Waals surface area contributed by atoms with Crippen LogP contribution in [0.5, 0.6) is 0 Å². The van der Waals surface area contributed by atoms with Gasteiger partial charge in [0, 0.05) is 0 Å². The number of carboxylic acid groups (broad SMARTS) is 1. The Bertz CT molecular complexity index is 640. The smallest absolute Gasteiger partial charge is 0.311 e. The molecule has 2 aromatic rings. The number of tetrazole rings is 1. The highest BCUT2D eigenvalue weighted by Crippen LogP contribution is 2.31. The third-order valence-corrected chi connectivity index (χ3v) is 4.07. The first kappa shape index (κ1) is 15.2. The molecule has 0 radical (unpaired) electrons. The van der Waals surface area contributed by atoms with Crippen LogP contribution >= 0.6 is 0 Å². The highest BCUT2D eigenvalue weighted by Gasteiger charge is 2.36. The number of aryl methyl sites for hydroxylation is 2. The van der Waals surface area contributed by atoms with Gasteiger partial charge in [-0.3, -0.25) is 4.79 Å². The number of aromatic nitrogens is 4. The topological polar surface area (TPSA) is 94.0 Å². The second kappa shape index (κ2) is 5.67. The van der Waals surface area contributed by atoms with Crippen LogP contribution in [0.2, 0.25) is 0 Å². The summed E-state index contributed by atoms with van der Waals surface area (Å²) in [7, 11) is 0. The summed E-state index contributed by atoms with van der Waals surface area (Å²) in [6.07, 6.45) is 1.03. The summed E-state index contributed by atoms with van der Waals surface area (Å²) in [6.45, 7) is 7.67. The molecule has 114 valence electrons. The number of carboxylic acids is 1. The molecule has 0 unspecified atom stereocenters. The van der Waals surface area contributed by atoms with Crippen molar-refractivity contribution in [3.63, 3.8) is 0 Å². The molecule has 0 aromatic carbocycles. The first-order valence-corrected chi connectivity index (χ1v) is 7.00. The van der Waals surface area contributed by atoms with E-state index in [-0.39, 0.29) is 6.54 Å². The van der Waals surface area contributed by atoms with E-state index in [9.17, 15) is 9.90 Å². The number of aliphatic carboxylic acids is 1. The summed E-state index contributed by atoms with van der Waals surface area (Å²) in [5.41, 5.74) is -0.0689. The minimum atomic E-state index is -0.864. The molecule has 1 N–H and O–H groups in total. The van der Waals surface area contributed by atoms with E-state index in [0.29, 0.717) is 18.7 Å². The SMILES string of the molecule is CCC(CC)(Cn1nnnc1-c1cc(C)oc1C)C(=O)O. The molecule has 7 nitrogen and oxygen atoms in total. The molecular weight excluding hydrogens is 272 g/mol. The molecule has 0 fully saturated rings. The Hall–Kier alpha value is -2.18. The van der Waals surface area contributed by atoms with Crippen LogP contribution in [-0.4, -0.2) is 31.3 Å². The summed E-state index contributed by atoms with van der Waals surface area (Å²) in [4.78, 5) is 11.6. The number of hydrogen-bond donors (Lipinski definition) is 1. The summed E-state index contributed by atoms with van der Waals surface area (Å²) in [5, 5.41) is 21.2. The molecule has 2 aromatic heterocycles. The lowest BCUT2D eigenvalue weighted by Gasteiger charge is -2.26. The largest absolute Gasteiger partial charge is 0.481 e. The number of nitrogens with zero attached hydrogens (tertiary/aromatic N) is 4. The molecule has 0 saturated heterocycles. The Kier molecular flexibility index (Phi) is 4.11. The average Bonchev–Trinajstić information content (AvgIpc) is 3.01. The van der Waals surface area contributed by atoms with Gasteiger partial charge in [-0.05, 0) is 43.2 Å². The standard InChI is InChI=1S/C14H20N4O3/c1-5-14(6-2,13(19)20)8-18-12(15-16-17-18)11-7-9(3)21-10(11)4/h7H,5-6,8H2,1-4H3,(H,19,20). The normalized spacial score (nSPS) is 11.8. The Balaban J connectivity index is 2.41. The third-order valence-electron chi connectivity index (χ3n) is 4.07. The molecule has 0 spiro atoms. The molecule has 7 heteroatoms. The Morgan fingerprint density at radius 2 is 2.05 bits per heavy atom. The van der Waals surface area contributed by atoms with Crippen molar-refractivity contribution in [3.05, 3.63) is 17.6 Å². The molecular formula is C14H20N4O3. The van der Waals surface area contributed by atoms with Crippen LogP contribution < -0.4 is 0 Å². The minimum absolute atomic E-state index is 0.237. The van der Waals surface area contributed by atoms with Crippen LogP contribution in [0.15, 0.2) is 10.5 Å². The third kappa shape index (κ3) is 2.68. The Morgan fingerprint density at radius 3 is 2.52 bits per heavy atom. The van der Waals surface area contributed by atoms with E-state index < -0.39 is 11.4 Å². The molecule has 0 aliphatic rings. The molecule has 21 heavy (non-hydrogen) atoms. The predicted molar refractivity (Wildman–Crippen MR) is 75.6 cm³/mol. The van der Waals surface area contributed by atoms with Crippen LogP contribution in [-0.2, 0) is 11.3 Å². The van der Waals surface area contributed by atoms with Crippen molar-refractivity contribution in [2.45, 2.75) is 47.1 Å². The van der Waals surface area contributed by atoms with Gasteiger partial charge >= 0.3 is 5.97 Å². The first-order valence-electron chi connectivity index (χ1n) is 7.00. The van der Waals surface area contributed by atoms with Crippen LogP contribution in [0.1, 0.15) is 38.2 Å². The van der Waals surface area contributed by atoms with E-state index >= 15 is 0 Å². The van der Waals surface area contributed by atoms with Gasteiger partial charge < -0.3 is 9.52 Å². The van der Waals surface area contributed by atoms with Gasteiger partial charge in [-0.2, -0.15) is 0 Å². The summed E-state index contributed by atoms with van der Waals surface area (Å²) < 4.78 is 7.05. The van der Waals surface area contributed by atoms with E-state index in [4.69, 9.17) is 4.42 Å². The second-order valence-corrected chi connectivity index (χ2v) is 5.28. The van der Waals surface area contributed by atoms with Gasteiger partial charge in [0.1, 0.15) is 11.5 Å². The van der Waals surface area contributed by atoms with Crippen molar-refractivity contribution in [1.82, 2.24) is 20.2 Å². The first-order chi connectivity index (χ1) is 9.93. The quantitative estimate of drug-likeness (QED) is 0.878. The van der Waals surface area contributed by atoms with Crippen molar-refractivity contribution in [3.8, 4) is 11.4 Å². The van der Waals surface area contributed by atoms with Crippen molar-refractivity contribution in [1.29, 1.82) is 0 Å². The highest BCUT2D eigenvalue weighted by atomic mass is 16.4. The van der Waals surface area contributed by atoms with E-state index in [1.165, 1.54) is 0 Å². The molecule has 0 aliphatic carbocycles. The zero-order chi connectivity index (χ0) is 15.6. The lowest BCUT2D eigenvalue weighted by Crippen LogP contribution is -2.35. The van der Waals surface area contributed by atoms with Gasteiger partial charge in [0.15, 0.2) is 5.82 Å². The van der Waals surface area contributed by atoms with Gasteiger partial charge in [0.05, 0.1) is 17.5 Å². The van der Waals surface area contributed by atoms with E-state index in [1.807, 2.05) is 33.8 Å². The fraction of sp³-hybridized carbons (Fsp3) is 0.571. The van der Waals surface area contributed by atoms with E-state index in [0.717, 1.165) is 17.1 Å². The van der Waals surface area contributed by atoms with Crippen LogP contribution in [0.4, 0.5) is 0 Å². The maximum atomic E-state index is 11.6. The zero-order valence-corrected chi connectivity index (χ0v) is 12.8. The van der Waals surface area contributed by atoms with Gasteiger partial charge in [-0.1, -0.05) is 13.8 Å². The fourth-order valence-corrected chi connectivity index (χ4v) is 2.49. The fourth-order valence-electron chi connectivity index (χ4n) is 2.49.